The van der Waals surface area contributed by atoms with Crippen LogP contribution in [0.3, 0.4) is 0 Å². The van der Waals surface area contributed by atoms with E-state index in [-0.39, 0.29) is 42.6 Å². The van der Waals surface area contributed by atoms with E-state index in [4.69, 9.17) is 4.52 Å². The van der Waals surface area contributed by atoms with Crippen LogP contribution in [0.25, 0.3) is 27.4 Å². The summed E-state index contributed by atoms with van der Waals surface area (Å²) in [6.07, 6.45) is 11.7. The Hall–Kier alpha value is -5.93. The van der Waals surface area contributed by atoms with Crippen molar-refractivity contribution in [1.29, 1.82) is 0 Å². The number of carbonyl (C=O) groups excluding carboxylic acids is 3. The molecule has 0 radical (unpaired) electrons. The maximum Gasteiger partial charge on any atom is 0.258 e. The Morgan fingerprint density at radius 3 is 2.56 bits per heavy atom. The normalized spacial score (nSPS) is 19.7. The van der Waals surface area contributed by atoms with Crippen molar-refractivity contribution in [3.63, 3.8) is 0 Å². The summed E-state index contributed by atoms with van der Waals surface area (Å²) in [4.78, 5) is 54.1. The summed E-state index contributed by atoms with van der Waals surface area (Å²) in [5.74, 6) is -0.768. The van der Waals surface area contributed by atoms with Gasteiger partial charge in [0.1, 0.15) is 17.7 Å². The smallest absolute Gasteiger partial charge is 0.258 e. The molecule has 1 saturated heterocycles. The van der Waals surface area contributed by atoms with Gasteiger partial charge in [-0.3, -0.25) is 24.7 Å². The van der Waals surface area contributed by atoms with Crippen molar-refractivity contribution in [2.45, 2.75) is 136 Å². The fourth-order valence-corrected chi connectivity index (χ4v) is 11.1. The number of hydrazine groups is 1. The number of fused-ring (bicyclic) bond motifs is 1. The number of thiazole rings is 1. The zero-order valence-electron chi connectivity index (χ0n) is 41.5. The Labute approximate surface area is 416 Å². The van der Waals surface area contributed by atoms with E-state index >= 15 is 0 Å². The van der Waals surface area contributed by atoms with Crippen molar-refractivity contribution >= 4 is 46.0 Å². The first-order chi connectivity index (χ1) is 33.7. The van der Waals surface area contributed by atoms with Crippen LogP contribution in [-0.4, -0.2) is 85.6 Å². The number of carbonyl (C=O) groups is 3. The molecule has 5 N–H and O–H groups in total. The second-order valence-corrected chi connectivity index (χ2v) is 21.3. The summed E-state index contributed by atoms with van der Waals surface area (Å²) in [5, 5.41) is 20.0. The van der Waals surface area contributed by atoms with Crippen molar-refractivity contribution in [2.75, 3.05) is 19.6 Å². The monoisotopic (exact) mass is 967 g/mol. The quantitative estimate of drug-likeness (QED) is 0.0244. The summed E-state index contributed by atoms with van der Waals surface area (Å²) >= 11 is 1.60. The lowest BCUT2D eigenvalue weighted by molar-refractivity contribution is -0.142. The highest BCUT2D eigenvalue weighted by atomic mass is 32.1. The number of aliphatic hydroxyl groups excluding tert-OH is 1. The molecule has 3 amide bonds. The fraction of sp³-hybridized carbons (Fsp3) is 0.446. The molecule has 0 spiro atoms. The molecular formula is C56H70N8O5S. The first-order valence-corrected chi connectivity index (χ1v) is 26.0. The number of benzene rings is 3. The number of aromatic amines is 1. The van der Waals surface area contributed by atoms with Gasteiger partial charge in [-0.25, -0.2) is 10.4 Å². The lowest BCUT2D eigenvalue weighted by Crippen LogP contribution is -2.49. The van der Waals surface area contributed by atoms with Crippen LogP contribution in [-0.2, 0) is 27.3 Å². The number of amides is 3. The Balaban J connectivity index is 0.934. The summed E-state index contributed by atoms with van der Waals surface area (Å²) in [6.45, 7) is 14.5. The first-order valence-electron chi connectivity index (χ1n) is 25.1. The van der Waals surface area contributed by atoms with Gasteiger partial charge in [-0.1, -0.05) is 106 Å². The van der Waals surface area contributed by atoms with E-state index in [0.29, 0.717) is 11.8 Å². The van der Waals surface area contributed by atoms with Gasteiger partial charge < -0.3 is 24.8 Å². The minimum Gasteiger partial charge on any atom is -0.391 e. The van der Waals surface area contributed by atoms with Crippen molar-refractivity contribution in [1.82, 2.24) is 41.1 Å². The Bertz CT molecular complexity index is 2720. The van der Waals surface area contributed by atoms with E-state index < -0.39 is 23.5 Å². The van der Waals surface area contributed by atoms with Gasteiger partial charge in [0.15, 0.2) is 0 Å². The highest BCUT2D eigenvalue weighted by molar-refractivity contribution is 7.13. The fourth-order valence-electron chi connectivity index (χ4n) is 10.3. The molecule has 370 valence electrons. The molecule has 8 rings (SSSR count). The summed E-state index contributed by atoms with van der Waals surface area (Å²) in [7, 11) is 0. The predicted octanol–water partition coefficient (Wildman–Crippen LogP) is 9.76. The Kier molecular flexibility index (Phi) is 16.5. The zero-order chi connectivity index (χ0) is 49.4. The van der Waals surface area contributed by atoms with Gasteiger partial charge in [-0.2, -0.15) is 0 Å². The number of nitrogens with zero attached hydrogens (tertiary/aromatic N) is 4. The molecule has 0 bridgehead atoms. The second-order valence-electron chi connectivity index (χ2n) is 20.4. The number of aliphatic hydroxyl groups is 1. The van der Waals surface area contributed by atoms with Gasteiger partial charge in [0.25, 0.3) is 5.91 Å². The van der Waals surface area contributed by atoms with Gasteiger partial charge in [0, 0.05) is 73.8 Å². The molecule has 1 saturated carbocycles. The summed E-state index contributed by atoms with van der Waals surface area (Å²) in [6, 6.07) is 26.3. The van der Waals surface area contributed by atoms with E-state index in [1.54, 1.807) is 22.3 Å². The van der Waals surface area contributed by atoms with Crippen molar-refractivity contribution in [3.05, 3.63) is 136 Å². The van der Waals surface area contributed by atoms with E-state index in [1.165, 1.54) is 16.5 Å². The second kappa shape index (κ2) is 22.9. The minimum absolute atomic E-state index is 0.0691. The number of para-hydroxylation sites is 1. The van der Waals surface area contributed by atoms with E-state index in [1.807, 2.05) is 83.5 Å². The molecule has 1 aliphatic carbocycles. The van der Waals surface area contributed by atoms with E-state index in [0.717, 1.165) is 103 Å². The maximum absolute atomic E-state index is 14.8. The molecule has 3 aromatic heterocycles. The van der Waals surface area contributed by atoms with Crippen LogP contribution in [0.4, 0.5) is 0 Å². The lowest BCUT2D eigenvalue weighted by atomic mass is 9.77. The minimum atomic E-state index is -0.824. The molecule has 6 atom stereocenters. The standard InChI is InChI=1S/C56H70N8O5S/c1-7-28-59-61-51(66)26-19-38-15-17-39(18-16-38)33-63(29-27-43-32-57-47-14-9-8-13-46(43)47)44-12-10-11-41(24-25-44)48-31-50(69-62-48)52(56(4,5)6)55(68)64-34-45(65)30-49(64)54(67)60-36(2)40-20-22-42(23-21-40)53-37(3)58-35-70-53/h8-9,13-23,26,31-32,35-36,41,44-45,49,52,57,59,65H,7,10-12,24-25,27-30,33-34H2,1-6H3,(H,60,67)(H,61,66)/b26-19+/t36-,41?,44?,45+,49-,52+/m0/s1. The number of likely N-dealkylation sites (tertiary alicyclic amines) is 1. The molecule has 70 heavy (non-hydrogen) atoms. The number of H-pyrrole nitrogens is 1. The van der Waals surface area contributed by atoms with Crippen LogP contribution in [0.1, 0.15) is 137 Å². The molecule has 13 nitrogen and oxygen atoms in total. The number of nitrogens with one attached hydrogen (secondary N) is 4. The van der Waals surface area contributed by atoms with Gasteiger partial charge in [-0.15, -0.1) is 11.3 Å². The molecule has 2 fully saturated rings. The van der Waals surface area contributed by atoms with Crippen LogP contribution >= 0.6 is 11.3 Å². The van der Waals surface area contributed by atoms with E-state index in [9.17, 15) is 19.5 Å². The maximum atomic E-state index is 14.8. The first kappa shape index (κ1) is 50.5. The molecule has 3 aromatic carbocycles. The third kappa shape index (κ3) is 12.3. The molecular weight excluding hydrogens is 897 g/mol. The number of hydrogen-bond donors (Lipinski definition) is 5. The highest BCUT2D eigenvalue weighted by Gasteiger charge is 2.46. The number of aromatic nitrogens is 3. The lowest BCUT2D eigenvalue weighted by Gasteiger charge is -2.33. The number of β-amino-alcohol motifs (C(OH)–C–C–N with tert-alkyl or cyclic N) is 1. The molecule has 1 aliphatic heterocycles. The number of hydrogen-bond acceptors (Lipinski definition) is 10. The number of aryl methyl sites for hydroxylation is 1. The third-order valence-electron chi connectivity index (χ3n) is 14.2. The van der Waals surface area contributed by atoms with Crippen LogP contribution < -0.4 is 16.2 Å². The van der Waals surface area contributed by atoms with Crippen molar-refractivity contribution in [3.8, 4) is 10.4 Å². The predicted molar refractivity (Wildman–Crippen MR) is 278 cm³/mol. The average Bonchev–Trinajstić information content (AvgIpc) is 4.15. The molecule has 6 aromatic rings. The van der Waals surface area contributed by atoms with Gasteiger partial charge in [-0.05, 0) is 97.7 Å². The topological polar surface area (TPSA) is 169 Å². The van der Waals surface area contributed by atoms with Gasteiger partial charge in [0.05, 0.1) is 33.9 Å². The number of rotatable bonds is 18. The van der Waals surface area contributed by atoms with Crippen LogP contribution in [0.5, 0.6) is 0 Å². The van der Waals surface area contributed by atoms with E-state index in [2.05, 4.69) is 90.9 Å². The largest absolute Gasteiger partial charge is 0.391 e. The molecule has 2 unspecified atom stereocenters. The van der Waals surface area contributed by atoms with Crippen molar-refractivity contribution < 1.29 is 24.0 Å². The van der Waals surface area contributed by atoms with Crippen molar-refractivity contribution in [2.24, 2.45) is 5.41 Å². The highest BCUT2D eigenvalue weighted by Crippen LogP contribution is 2.41. The zero-order valence-corrected chi connectivity index (χ0v) is 42.4. The van der Waals surface area contributed by atoms with Crippen LogP contribution in [0.2, 0.25) is 0 Å². The van der Waals surface area contributed by atoms with Gasteiger partial charge >= 0.3 is 0 Å². The molecule has 2 aliphatic rings. The van der Waals surface area contributed by atoms with Crippen LogP contribution in [0, 0.1) is 12.3 Å². The third-order valence-corrected chi connectivity index (χ3v) is 15.2. The summed E-state index contributed by atoms with van der Waals surface area (Å²) < 4.78 is 6.14. The molecule has 14 heteroatoms. The summed E-state index contributed by atoms with van der Waals surface area (Å²) in [5.41, 5.74) is 15.4. The van der Waals surface area contributed by atoms with Crippen LogP contribution in [0.15, 0.2) is 101 Å². The SMILES string of the molecule is CCCNNC(=O)/C=C/c1ccc(CN(CCc2c[nH]c3ccccc23)C2CCCC(c3cc([C@H](C(=O)N4C[C@H](O)C[C@H]4C(=O)N[C@@H](C)c4ccc(-c5scnc5C)cc4)C(C)(C)C)on3)CC2)cc1. The Morgan fingerprint density at radius 2 is 1.81 bits per heavy atom. The van der Waals surface area contributed by atoms with Gasteiger partial charge in [0.2, 0.25) is 11.8 Å². The molecule has 4 heterocycles. The Morgan fingerprint density at radius 1 is 1.03 bits per heavy atom. The average molecular weight is 967 g/mol.